The summed E-state index contributed by atoms with van der Waals surface area (Å²) in [4.78, 5) is 18.0. The molecule has 2 aliphatic rings. The Morgan fingerprint density at radius 1 is 1.37 bits per heavy atom. The molecule has 1 aromatic rings. The SMILES string of the molecule is CCCCOC1CON=C1c1cc(Br)c(F)cc1O[C@H](C(=O)OC(C)(C)C)C1CC1. The lowest BCUT2D eigenvalue weighted by atomic mass is 10.0. The van der Waals surface area contributed by atoms with Crippen LogP contribution in [0.15, 0.2) is 21.8 Å². The van der Waals surface area contributed by atoms with Crippen LogP contribution in [0.4, 0.5) is 4.39 Å². The fraction of sp³-hybridized carbons (Fsp3) is 0.636. The van der Waals surface area contributed by atoms with E-state index in [2.05, 4.69) is 28.0 Å². The number of nitrogens with zero attached hydrogens (tertiary/aromatic N) is 1. The molecule has 1 fully saturated rings. The number of oxime groups is 1. The van der Waals surface area contributed by atoms with E-state index >= 15 is 0 Å². The van der Waals surface area contributed by atoms with Gasteiger partial charge < -0.3 is 19.0 Å². The summed E-state index contributed by atoms with van der Waals surface area (Å²) in [6.45, 7) is 8.37. The number of esters is 1. The highest BCUT2D eigenvalue weighted by atomic mass is 79.9. The van der Waals surface area contributed by atoms with Crippen molar-refractivity contribution in [1.82, 2.24) is 0 Å². The van der Waals surface area contributed by atoms with Crippen molar-refractivity contribution in [3.05, 3.63) is 28.0 Å². The third-order valence-electron chi connectivity index (χ3n) is 4.75. The average Bonchev–Trinajstić information content (AvgIpc) is 3.39. The summed E-state index contributed by atoms with van der Waals surface area (Å²) in [7, 11) is 0. The van der Waals surface area contributed by atoms with Gasteiger partial charge >= 0.3 is 5.97 Å². The van der Waals surface area contributed by atoms with Crippen molar-refractivity contribution < 1.29 is 28.2 Å². The molecule has 0 bridgehead atoms. The largest absolute Gasteiger partial charge is 0.478 e. The fourth-order valence-corrected chi connectivity index (χ4v) is 3.43. The fourth-order valence-electron chi connectivity index (χ4n) is 3.09. The van der Waals surface area contributed by atoms with Crippen LogP contribution >= 0.6 is 15.9 Å². The van der Waals surface area contributed by atoms with Crippen molar-refractivity contribution in [1.29, 1.82) is 0 Å². The minimum absolute atomic E-state index is 0.0535. The van der Waals surface area contributed by atoms with Crippen LogP contribution in [0.3, 0.4) is 0 Å². The van der Waals surface area contributed by atoms with Crippen molar-refractivity contribution in [3.63, 3.8) is 0 Å². The lowest BCUT2D eigenvalue weighted by Gasteiger charge is -2.25. The number of carbonyl (C=O) groups is 1. The molecule has 1 aliphatic heterocycles. The number of carbonyl (C=O) groups excluding carboxylic acids is 1. The Bertz CT molecular complexity index is 803. The van der Waals surface area contributed by atoms with Crippen LogP contribution in [0, 0.1) is 11.7 Å². The van der Waals surface area contributed by atoms with Gasteiger partial charge in [0, 0.05) is 24.2 Å². The standard InChI is InChI=1S/C22H29BrFNO5/c1-5-6-9-27-18-12-28-25-19(18)14-10-15(23)16(24)11-17(14)29-20(13-7-8-13)21(26)30-22(2,3)4/h10-11,13,18,20H,5-9,12H2,1-4H3/t18?,20-/m0/s1. The number of benzene rings is 1. The Balaban J connectivity index is 1.87. The molecule has 30 heavy (non-hydrogen) atoms. The number of unbranched alkanes of at least 4 members (excludes halogenated alkanes) is 1. The Morgan fingerprint density at radius 3 is 2.73 bits per heavy atom. The summed E-state index contributed by atoms with van der Waals surface area (Å²) >= 11 is 3.23. The van der Waals surface area contributed by atoms with Gasteiger partial charge in [-0.15, -0.1) is 0 Å². The highest BCUT2D eigenvalue weighted by Gasteiger charge is 2.41. The van der Waals surface area contributed by atoms with Crippen LogP contribution in [-0.2, 0) is 19.1 Å². The highest BCUT2D eigenvalue weighted by Crippen LogP contribution is 2.38. The summed E-state index contributed by atoms with van der Waals surface area (Å²) in [6, 6.07) is 2.86. The first-order chi connectivity index (χ1) is 14.2. The molecule has 2 atom stereocenters. The van der Waals surface area contributed by atoms with E-state index in [1.807, 2.05) is 20.8 Å². The van der Waals surface area contributed by atoms with Crippen molar-refractivity contribution in [2.75, 3.05) is 13.2 Å². The molecule has 3 rings (SSSR count). The molecule has 1 saturated carbocycles. The zero-order valence-corrected chi connectivity index (χ0v) is 19.5. The maximum absolute atomic E-state index is 14.4. The van der Waals surface area contributed by atoms with E-state index in [4.69, 9.17) is 19.0 Å². The lowest BCUT2D eigenvalue weighted by Crippen LogP contribution is -2.37. The van der Waals surface area contributed by atoms with Gasteiger partial charge in [-0.3, -0.25) is 0 Å². The molecule has 0 radical (unpaired) electrons. The second kappa shape index (κ2) is 9.64. The van der Waals surface area contributed by atoms with Gasteiger partial charge in [-0.25, -0.2) is 9.18 Å². The first-order valence-electron chi connectivity index (χ1n) is 10.4. The molecule has 0 saturated heterocycles. The first-order valence-corrected chi connectivity index (χ1v) is 11.2. The van der Waals surface area contributed by atoms with Gasteiger partial charge in [-0.2, -0.15) is 0 Å². The molecule has 1 aromatic carbocycles. The van der Waals surface area contributed by atoms with Gasteiger partial charge in [-0.1, -0.05) is 18.5 Å². The molecular formula is C22H29BrFNO5. The normalized spacial score (nSPS) is 19.8. The van der Waals surface area contributed by atoms with Crippen LogP contribution in [0.2, 0.25) is 0 Å². The van der Waals surface area contributed by atoms with E-state index in [1.165, 1.54) is 6.07 Å². The maximum Gasteiger partial charge on any atom is 0.348 e. The Labute approximate surface area is 185 Å². The molecular weight excluding hydrogens is 457 g/mol. The zero-order valence-electron chi connectivity index (χ0n) is 17.9. The van der Waals surface area contributed by atoms with Crippen molar-refractivity contribution in [2.24, 2.45) is 11.1 Å². The highest BCUT2D eigenvalue weighted by molar-refractivity contribution is 9.10. The van der Waals surface area contributed by atoms with Gasteiger partial charge in [-0.05, 0) is 62.0 Å². The predicted octanol–water partition coefficient (Wildman–Crippen LogP) is 5.01. The summed E-state index contributed by atoms with van der Waals surface area (Å²) in [5, 5.41) is 4.12. The molecule has 166 valence electrons. The van der Waals surface area contributed by atoms with Crippen LogP contribution < -0.4 is 4.74 Å². The number of rotatable bonds is 9. The smallest absolute Gasteiger partial charge is 0.348 e. The van der Waals surface area contributed by atoms with Crippen molar-refractivity contribution in [3.8, 4) is 5.75 Å². The molecule has 0 N–H and O–H groups in total. The summed E-state index contributed by atoms with van der Waals surface area (Å²) in [6.07, 6.45) is 2.48. The molecule has 8 heteroatoms. The predicted molar refractivity (Wildman–Crippen MR) is 114 cm³/mol. The van der Waals surface area contributed by atoms with Crippen LogP contribution in [0.1, 0.15) is 58.9 Å². The van der Waals surface area contributed by atoms with Crippen molar-refractivity contribution >= 4 is 27.6 Å². The Hall–Kier alpha value is -1.67. The van der Waals surface area contributed by atoms with Crippen molar-refractivity contribution in [2.45, 2.75) is 71.2 Å². The molecule has 1 unspecified atom stereocenters. The van der Waals surface area contributed by atoms with E-state index in [9.17, 15) is 9.18 Å². The molecule has 0 spiro atoms. The molecule has 1 aliphatic carbocycles. The maximum atomic E-state index is 14.4. The van der Waals surface area contributed by atoms with Crippen LogP contribution in [0.5, 0.6) is 5.75 Å². The third-order valence-corrected chi connectivity index (χ3v) is 5.36. The molecule has 1 heterocycles. The van der Waals surface area contributed by atoms with E-state index in [1.54, 1.807) is 6.07 Å². The van der Waals surface area contributed by atoms with Gasteiger partial charge in [0.15, 0.2) is 6.10 Å². The zero-order chi connectivity index (χ0) is 21.9. The lowest BCUT2D eigenvalue weighted by molar-refractivity contribution is -0.164. The van der Waals surface area contributed by atoms with Gasteiger partial charge in [0.25, 0.3) is 0 Å². The van der Waals surface area contributed by atoms with Crippen LogP contribution in [-0.4, -0.2) is 42.7 Å². The quantitative estimate of drug-likeness (QED) is 0.363. The van der Waals surface area contributed by atoms with Gasteiger partial charge in [0.2, 0.25) is 0 Å². The molecule has 0 amide bonds. The summed E-state index contributed by atoms with van der Waals surface area (Å²) < 4.78 is 32.2. The summed E-state index contributed by atoms with van der Waals surface area (Å²) in [5.41, 5.74) is 0.431. The average molecular weight is 486 g/mol. The molecule has 6 nitrogen and oxygen atoms in total. The molecule has 0 aromatic heterocycles. The second-order valence-corrected chi connectivity index (χ2v) is 9.51. The minimum Gasteiger partial charge on any atom is -0.478 e. The Morgan fingerprint density at radius 2 is 2.10 bits per heavy atom. The number of halogens is 2. The van der Waals surface area contributed by atoms with Gasteiger partial charge in [0.1, 0.15) is 35.6 Å². The number of ether oxygens (including phenoxy) is 3. The van der Waals surface area contributed by atoms with E-state index in [-0.39, 0.29) is 28.9 Å². The van der Waals surface area contributed by atoms with E-state index in [0.29, 0.717) is 17.9 Å². The topological polar surface area (TPSA) is 66.3 Å². The van der Waals surface area contributed by atoms with Crippen LogP contribution in [0.25, 0.3) is 0 Å². The minimum atomic E-state index is -0.800. The second-order valence-electron chi connectivity index (χ2n) is 8.66. The van der Waals surface area contributed by atoms with E-state index < -0.39 is 23.5 Å². The monoisotopic (exact) mass is 485 g/mol. The van der Waals surface area contributed by atoms with E-state index in [0.717, 1.165) is 25.7 Å². The summed E-state index contributed by atoms with van der Waals surface area (Å²) in [5.74, 6) is -0.653. The van der Waals surface area contributed by atoms with Gasteiger partial charge in [0.05, 0.1) is 4.47 Å². The third kappa shape index (κ3) is 5.94. The Kier molecular flexibility index (Phi) is 7.39. The first kappa shape index (κ1) is 23.0. The number of hydrogen-bond donors (Lipinski definition) is 0. The number of hydrogen-bond acceptors (Lipinski definition) is 6.